The molecule has 0 aliphatic carbocycles. The first-order valence-corrected chi connectivity index (χ1v) is 7.30. The van der Waals surface area contributed by atoms with E-state index in [0.29, 0.717) is 11.4 Å². The lowest BCUT2D eigenvalue weighted by molar-refractivity contribution is 0.102. The number of pyridine rings is 1. The van der Waals surface area contributed by atoms with Crippen LogP contribution in [-0.2, 0) is 0 Å². The Morgan fingerprint density at radius 3 is 2.43 bits per heavy atom. The molecule has 1 amide bonds. The predicted molar refractivity (Wildman–Crippen MR) is 88.6 cm³/mol. The van der Waals surface area contributed by atoms with Gasteiger partial charge in [-0.05, 0) is 49.2 Å². The van der Waals surface area contributed by atoms with E-state index in [1.165, 1.54) is 12.1 Å². The highest BCUT2D eigenvalue weighted by Crippen LogP contribution is 2.26. The number of hydrogen-bond donors (Lipinski definition) is 3. The van der Waals surface area contributed by atoms with E-state index >= 15 is 0 Å². The first-order chi connectivity index (χ1) is 9.90. The fourth-order valence-electron chi connectivity index (χ4n) is 2.00. The molecule has 1 heterocycles. The predicted octanol–water partition coefficient (Wildman–Crippen LogP) is 3.65. The van der Waals surface area contributed by atoms with Gasteiger partial charge in [0.05, 0.1) is 0 Å². The number of benzene rings is 1. The summed E-state index contributed by atoms with van der Waals surface area (Å²) in [4.78, 5) is 16.3. The largest absolute Gasteiger partial charge is 0.321 e. The van der Waals surface area contributed by atoms with Crippen LogP contribution >= 0.6 is 27.5 Å². The van der Waals surface area contributed by atoms with E-state index in [0.717, 1.165) is 21.3 Å². The molecule has 0 aliphatic rings. The van der Waals surface area contributed by atoms with Gasteiger partial charge in [0, 0.05) is 15.7 Å². The third-order valence-electron chi connectivity index (χ3n) is 2.94. The minimum absolute atomic E-state index is 0.194. The van der Waals surface area contributed by atoms with Crippen molar-refractivity contribution in [3.05, 3.63) is 50.6 Å². The maximum atomic E-state index is 12.3. The molecule has 0 saturated carbocycles. The van der Waals surface area contributed by atoms with Crippen molar-refractivity contribution in [2.24, 2.45) is 5.84 Å². The Balaban J connectivity index is 2.32. The van der Waals surface area contributed by atoms with Gasteiger partial charge < -0.3 is 10.7 Å². The number of rotatable bonds is 3. The van der Waals surface area contributed by atoms with Gasteiger partial charge in [0.1, 0.15) is 11.0 Å². The molecule has 5 nitrogen and oxygen atoms in total. The molecular formula is C14H14BrClN4O. The van der Waals surface area contributed by atoms with Crippen LogP contribution in [0.1, 0.15) is 21.5 Å². The minimum atomic E-state index is -0.274. The second-order valence-electron chi connectivity index (χ2n) is 4.58. The number of amides is 1. The molecule has 1 aromatic heterocycles. The summed E-state index contributed by atoms with van der Waals surface area (Å²) >= 11 is 9.29. The average Bonchev–Trinajstić information content (AvgIpc) is 2.41. The van der Waals surface area contributed by atoms with Crippen molar-refractivity contribution in [3.63, 3.8) is 0 Å². The SMILES string of the molecule is Cc1cc(Br)cc(C)c1NC(=O)c1cc(Cl)nc(NN)c1. The summed E-state index contributed by atoms with van der Waals surface area (Å²) in [5.74, 6) is 5.35. The number of hydrogen-bond acceptors (Lipinski definition) is 4. The molecule has 4 N–H and O–H groups in total. The van der Waals surface area contributed by atoms with Crippen LogP contribution in [0.3, 0.4) is 0 Å². The average molecular weight is 370 g/mol. The maximum Gasteiger partial charge on any atom is 0.255 e. The summed E-state index contributed by atoms with van der Waals surface area (Å²) < 4.78 is 0.970. The number of carbonyl (C=O) groups excluding carboxylic acids is 1. The van der Waals surface area contributed by atoms with E-state index in [1.807, 2.05) is 26.0 Å². The van der Waals surface area contributed by atoms with Gasteiger partial charge in [-0.1, -0.05) is 27.5 Å². The number of aromatic nitrogens is 1. The zero-order valence-electron chi connectivity index (χ0n) is 11.5. The minimum Gasteiger partial charge on any atom is -0.321 e. The summed E-state index contributed by atoms with van der Waals surface area (Å²) in [7, 11) is 0. The van der Waals surface area contributed by atoms with Crippen molar-refractivity contribution in [2.45, 2.75) is 13.8 Å². The summed E-state index contributed by atoms with van der Waals surface area (Å²) in [5.41, 5.74) is 5.46. The molecule has 2 aromatic rings. The summed E-state index contributed by atoms with van der Waals surface area (Å²) in [6.07, 6.45) is 0. The van der Waals surface area contributed by atoms with Gasteiger partial charge >= 0.3 is 0 Å². The third-order valence-corrected chi connectivity index (χ3v) is 3.59. The van der Waals surface area contributed by atoms with Crippen LogP contribution in [0, 0.1) is 13.8 Å². The van der Waals surface area contributed by atoms with E-state index in [4.69, 9.17) is 17.4 Å². The first-order valence-electron chi connectivity index (χ1n) is 6.13. The van der Waals surface area contributed by atoms with Crippen LogP contribution in [0.2, 0.25) is 5.15 Å². The molecule has 0 aliphatic heterocycles. The summed E-state index contributed by atoms with van der Waals surface area (Å²) in [5, 5.41) is 3.08. The molecule has 2 rings (SSSR count). The summed E-state index contributed by atoms with van der Waals surface area (Å²) in [6.45, 7) is 3.86. The third kappa shape index (κ3) is 3.72. The van der Waals surface area contributed by atoms with Gasteiger partial charge in [0.25, 0.3) is 5.91 Å². The lowest BCUT2D eigenvalue weighted by atomic mass is 10.1. The van der Waals surface area contributed by atoms with Gasteiger partial charge in [-0.2, -0.15) is 0 Å². The Hall–Kier alpha value is -1.63. The molecule has 0 unspecified atom stereocenters. The monoisotopic (exact) mass is 368 g/mol. The van der Waals surface area contributed by atoms with Crippen LogP contribution in [0.4, 0.5) is 11.5 Å². The molecule has 0 bridgehead atoms. The van der Waals surface area contributed by atoms with E-state index in [9.17, 15) is 4.79 Å². The van der Waals surface area contributed by atoms with E-state index in [-0.39, 0.29) is 11.1 Å². The maximum absolute atomic E-state index is 12.3. The van der Waals surface area contributed by atoms with Crippen molar-refractivity contribution >= 4 is 44.9 Å². The lowest BCUT2D eigenvalue weighted by Gasteiger charge is -2.13. The number of nitrogens with one attached hydrogen (secondary N) is 2. The highest BCUT2D eigenvalue weighted by Gasteiger charge is 2.12. The van der Waals surface area contributed by atoms with Gasteiger partial charge in [0.15, 0.2) is 0 Å². The second kappa shape index (κ2) is 6.43. The Labute approximate surface area is 136 Å². The molecular weight excluding hydrogens is 356 g/mol. The molecule has 0 spiro atoms. The van der Waals surface area contributed by atoms with Crippen LogP contribution in [0.5, 0.6) is 0 Å². The Kier molecular flexibility index (Phi) is 4.82. The Morgan fingerprint density at radius 2 is 1.86 bits per heavy atom. The molecule has 0 atom stereocenters. The molecule has 110 valence electrons. The van der Waals surface area contributed by atoms with Crippen molar-refractivity contribution in [3.8, 4) is 0 Å². The molecule has 0 fully saturated rings. The highest BCUT2D eigenvalue weighted by atomic mass is 79.9. The summed E-state index contributed by atoms with van der Waals surface area (Å²) in [6, 6.07) is 6.90. The normalized spacial score (nSPS) is 10.3. The topological polar surface area (TPSA) is 80.0 Å². The standard InChI is InChI=1S/C14H14BrClN4O/c1-7-3-10(15)4-8(2)13(7)19-14(21)9-5-11(16)18-12(6-9)20-17/h3-6H,17H2,1-2H3,(H,18,20)(H,19,21). The van der Waals surface area contributed by atoms with E-state index < -0.39 is 0 Å². The fraction of sp³-hybridized carbons (Fsp3) is 0.143. The van der Waals surface area contributed by atoms with E-state index in [1.54, 1.807) is 0 Å². The van der Waals surface area contributed by atoms with Crippen LogP contribution in [0.15, 0.2) is 28.7 Å². The van der Waals surface area contributed by atoms with Gasteiger partial charge in [0.2, 0.25) is 0 Å². The van der Waals surface area contributed by atoms with Gasteiger partial charge in [-0.3, -0.25) is 4.79 Å². The Morgan fingerprint density at radius 1 is 1.24 bits per heavy atom. The number of halogens is 2. The number of nitrogens with zero attached hydrogens (tertiary/aromatic N) is 1. The first kappa shape index (κ1) is 15.8. The van der Waals surface area contributed by atoms with Crippen LogP contribution in [0.25, 0.3) is 0 Å². The van der Waals surface area contributed by atoms with Gasteiger partial charge in [-0.15, -0.1) is 0 Å². The fourth-order valence-corrected chi connectivity index (χ4v) is 2.89. The number of carbonyl (C=O) groups is 1. The van der Waals surface area contributed by atoms with Crippen molar-refractivity contribution in [1.82, 2.24) is 4.98 Å². The number of anilines is 2. The molecule has 0 radical (unpaired) electrons. The van der Waals surface area contributed by atoms with Crippen molar-refractivity contribution in [2.75, 3.05) is 10.7 Å². The number of nitrogen functional groups attached to an aromatic ring is 1. The molecule has 21 heavy (non-hydrogen) atoms. The quantitative estimate of drug-likeness (QED) is 0.438. The molecule has 7 heteroatoms. The molecule has 0 saturated heterocycles. The van der Waals surface area contributed by atoms with Crippen LogP contribution < -0.4 is 16.6 Å². The van der Waals surface area contributed by atoms with Crippen molar-refractivity contribution in [1.29, 1.82) is 0 Å². The van der Waals surface area contributed by atoms with Crippen molar-refractivity contribution < 1.29 is 4.79 Å². The number of aryl methyl sites for hydroxylation is 2. The number of nitrogens with two attached hydrogens (primary N) is 1. The number of hydrazine groups is 1. The molecule has 1 aromatic carbocycles. The van der Waals surface area contributed by atoms with E-state index in [2.05, 4.69) is 31.7 Å². The van der Waals surface area contributed by atoms with Crippen LogP contribution in [-0.4, -0.2) is 10.9 Å². The zero-order valence-corrected chi connectivity index (χ0v) is 13.8. The highest BCUT2D eigenvalue weighted by molar-refractivity contribution is 9.10. The van der Waals surface area contributed by atoms with Gasteiger partial charge in [-0.25, -0.2) is 10.8 Å². The second-order valence-corrected chi connectivity index (χ2v) is 5.88. The Bertz CT molecular complexity index is 682. The zero-order chi connectivity index (χ0) is 15.6. The smallest absolute Gasteiger partial charge is 0.255 e. The lowest BCUT2D eigenvalue weighted by Crippen LogP contribution is -2.16.